The lowest BCUT2D eigenvalue weighted by Crippen LogP contribution is -2.43. The zero-order valence-corrected chi connectivity index (χ0v) is 8.40. The standard InChI is InChI=1S/C10H18N2O/c1-7-3-8-4-9(11-13)5-10(7)12(2)6-8/h7-8,10,13H,3-6H2,1-2H3/b11-9-/t7-,8-,10-/m0/s1. The van der Waals surface area contributed by atoms with Crippen molar-refractivity contribution in [3.8, 4) is 0 Å². The fourth-order valence-corrected chi connectivity index (χ4v) is 2.98. The van der Waals surface area contributed by atoms with Crippen LogP contribution in [0.3, 0.4) is 0 Å². The van der Waals surface area contributed by atoms with Gasteiger partial charge in [0.2, 0.25) is 0 Å². The van der Waals surface area contributed by atoms with Crippen LogP contribution in [0.4, 0.5) is 0 Å². The van der Waals surface area contributed by atoms with Crippen LogP contribution in [0.15, 0.2) is 5.16 Å². The van der Waals surface area contributed by atoms with Crippen molar-refractivity contribution >= 4 is 5.71 Å². The second-order valence-electron chi connectivity index (χ2n) is 4.66. The summed E-state index contributed by atoms with van der Waals surface area (Å²) in [5.41, 5.74) is 1.00. The molecule has 1 saturated carbocycles. The van der Waals surface area contributed by atoms with Gasteiger partial charge < -0.3 is 10.1 Å². The lowest BCUT2D eigenvalue weighted by Gasteiger charge is -2.38. The third-order valence-corrected chi connectivity index (χ3v) is 3.58. The predicted molar refractivity (Wildman–Crippen MR) is 52.1 cm³/mol. The first-order chi connectivity index (χ1) is 6.20. The summed E-state index contributed by atoms with van der Waals surface area (Å²) in [4.78, 5) is 2.43. The molecule has 0 aromatic rings. The molecule has 3 atom stereocenters. The Bertz CT molecular complexity index is 215. The van der Waals surface area contributed by atoms with Crippen LogP contribution >= 0.6 is 0 Å². The van der Waals surface area contributed by atoms with Gasteiger partial charge in [-0.15, -0.1) is 0 Å². The number of hydrogen-bond donors (Lipinski definition) is 1. The minimum absolute atomic E-state index is 0.602. The van der Waals surface area contributed by atoms with E-state index >= 15 is 0 Å². The van der Waals surface area contributed by atoms with Crippen molar-refractivity contribution in [1.29, 1.82) is 0 Å². The van der Waals surface area contributed by atoms with E-state index in [4.69, 9.17) is 5.21 Å². The number of piperidine rings is 1. The maximum Gasteiger partial charge on any atom is 0.0589 e. The molecule has 2 aliphatic heterocycles. The van der Waals surface area contributed by atoms with Crippen molar-refractivity contribution in [2.75, 3.05) is 13.6 Å². The Kier molecular flexibility index (Phi) is 2.28. The minimum atomic E-state index is 0.602. The molecule has 3 aliphatic rings. The van der Waals surface area contributed by atoms with Crippen LogP contribution in [0.25, 0.3) is 0 Å². The third kappa shape index (κ3) is 1.57. The van der Waals surface area contributed by atoms with Gasteiger partial charge in [0, 0.05) is 19.0 Å². The lowest BCUT2D eigenvalue weighted by atomic mass is 9.86. The van der Waals surface area contributed by atoms with E-state index in [9.17, 15) is 0 Å². The van der Waals surface area contributed by atoms with E-state index < -0.39 is 0 Å². The first-order valence-corrected chi connectivity index (χ1v) is 5.10. The molecular weight excluding hydrogens is 164 g/mol. The van der Waals surface area contributed by atoms with Crippen LogP contribution in [-0.2, 0) is 0 Å². The maximum absolute atomic E-state index is 8.82. The maximum atomic E-state index is 8.82. The van der Waals surface area contributed by atoms with Gasteiger partial charge in [-0.3, -0.25) is 0 Å². The molecule has 2 saturated heterocycles. The van der Waals surface area contributed by atoms with Crippen molar-refractivity contribution in [2.45, 2.75) is 32.2 Å². The van der Waals surface area contributed by atoms with Gasteiger partial charge in [0.15, 0.2) is 0 Å². The minimum Gasteiger partial charge on any atom is -0.411 e. The molecule has 3 heteroatoms. The molecule has 3 nitrogen and oxygen atoms in total. The fourth-order valence-electron chi connectivity index (χ4n) is 2.98. The molecule has 0 spiro atoms. The second kappa shape index (κ2) is 3.29. The van der Waals surface area contributed by atoms with Gasteiger partial charge in [0.1, 0.15) is 0 Å². The van der Waals surface area contributed by atoms with E-state index in [-0.39, 0.29) is 0 Å². The Hall–Kier alpha value is -0.570. The number of nitrogens with zero attached hydrogens (tertiary/aromatic N) is 2. The van der Waals surface area contributed by atoms with Crippen LogP contribution in [0, 0.1) is 11.8 Å². The predicted octanol–water partition coefficient (Wildman–Crippen LogP) is 1.57. The summed E-state index contributed by atoms with van der Waals surface area (Å²) in [6.45, 7) is 3.49. The first kappa shape index (κ1) is 9.00. The summed E-state index contributed by atoms with van der Waals surface area (Å²) in [7, 11) is 2.19. The first-order valence-electron chi connectivity index (χ1n) is 5.10. The summed E-state index contributed by atoms with van der Waals surface area (Å²) >= 11 is 0. The Morgan fingerprint density at radius 1 is 1.46 bits per heavy atom. The van der Waals surface area contributed by atoms with Crippen LogP contribution < -0.4 is 0 Å². The molecule has 3 fully saturated rings. The Labute approximate surface area is 79.4 Å². The molecule has 2 bridgehead atoms. The molecule has 1 aliphatic carbocycles. The van der Waals surface area contributed by atoms with Crippen molar-refractivity contribution in [3.63, 3.8) is 0 Å². The number of oxime groups is 1. The molecule has 3 rings (SSSR count). The normalized spacial score (nSPS) is 43.8. The van der Waals surface area contributed by atoms with Crippen molar-refractivity contribution in [3.05, 3.63) is 0 Å². The average Bonchev–Trinajstić information content (AvgIpc) is 2.32. The van der Waals surface area contributed by atoms with E-state index in [0.29, 0.717) is 12.0 Å². The van der Waals surface area contributed by atoms with E-state index in [1.165, 1.54) is 13.0 Å². The molecule has 74 valence electrons. The third-order valence-electron chi connectivity index (χ3n) is 3.58. The fraction of sp³-hybridized carbons (Fsp3) is 0.900. The number of fused-ring (bicyclic) bond motifs is 4. The second-order valence-corrected chi connectivity index (χ2v) is 4.66. The largest absolute Gasteiger partial charge is 0.411 e. The molecule has 0 unspecified atom stereocenters. The van der Waals surface area contributed by atoms with Crippen molar-refractivity contribution in [1.82, 2.24) is 4.90 Å². The Morgan fingerprint density at radius 2 is 2.23 bits per heavy atom. The summed E-state index contributed by atoms with van der Waals surface area (Å²) in [5.74, 6) is 1.47. The van der Waals surface area contributed by atoms with Crippen LogP contribution in [0.1, 0.15) is 26.2 Å². The quantitative estimate of drug-likeness (QED) is 0.456. The van der Waals surface area contributed by atoms with Crippen molar-refractivity contribution in [2.24, 2.45) is 17.0 Å². The van der Waals surface area contributed by atoms with Crippen LogP contribution in [0.5, 0.6) is 0 Å². The summed E-state index contributed by atoms with van der Waals surface area (Å²) in [6.07, 6.45) is 3.26. The summed E-state index contributed by atoms with van der Waals surface area (Å²) in [6, 6.07) is 0.602. The zero-order chi connectivity index (χ0) is 9.42. The topological polar surface area (TPSA) is 35.8 Å². The molecule has 0 aromatic heterocycles. The van der Waals surface area contributed by atoms with Gasteiger partial charge in [-0.25, -0.2) is 0 Å². The molecular formula is C10H18N2O. The van der Waals surface area contributed by atoms with Gasteiger partial charge in [-0.05, 0) is 31.7 Å². The molecule has 0 radical (unpaired) electrons. The number of hydrogen-bond acceptors (Lipinski definition) is 3. The highest BCUT2D eigenvalue weighted by Crippen LogP contribution is 2.34. The van der Waals surface area contributed by atoms with Gasteiger partial charge in [-0.2, -0.15) is 0 Å². The average molecular weight is 182 g/mol. The van der Waals surface area contributed by atoms with Gasteiger partial charge in [-0.1, -0.05) is 12.1 Å². The Balaban J connectivity index is 2.21. The van der Waals surface area contributed by atoms with E-state index in [1.54, 1.807) is 0 Å². The molecule has 0 aromatic carbocycles. The van der Waals surface area contributed by atoms with Crippen LogP contribution in [0.2, 0.25) is 0 Å². The zero-order valence-electron chi connectivity index (χ0n) is 8.40. The Morgan fingerprint density at radius 3 is 2.85 bits per heavy atom. The highest BCUT2D eigenvalue weighted by Gasteiger charge is 2.36. The highest BCUT2D eigenvalue weighted by molar-refractivity contribution is 5.85. The smallest absolute Gasteiger partial charge is 0.0589 e. The summed E-state index contributed by atoms with van der Waals surface area (Å²) in [5, 5.41) is 12.2. The summed E-state index contributed by atoms with van der Waals surface area (Å²) < 4.78 is 0. The molecule has 1 N–H and O–H groups in total. The lowest BCUT2D eigenvalue weighted by molar-refractivity contribution is 0.106. The van der Waals surface area contributed by atoms with Gasteiger partial charge >= 0.3 is 0 Å². The monoisotopic (exact) mass is 182 g/mol. The van der Waals surface area contributed by atoms with E-state index in [1.807, 2.05) is 0 Å². The van der Waals surface area contributed by atoms with E-state index in [2.05, 4.69) is 24.0 Å². The molecule has 0 amide bonds. The van der Waals surface area contributed by atoms with Crippen LogP contribution in [-0.4, -0.2) is 35.5 Å². The van der Waals surface area contributed by atoms with Gasteiger partial charge in [0.05, 0.1) is 5.71 Å². The molecule has 2 heterocycles. The van der Waals surface area contributed by atoms with Gasteiger partial charge in [0.25, 0.3) is 0 Å². The molecule has 13 heavy (non-hydrogen) atoms. The van der Waals surface area contributed by atoms with Crippen molar-refractivity contribution < 1.29 is 5.21 Å². The van der Waals surface area contributed by atoms with E-state index in [0.717, 1.165) is 24.5 Å². The SMILES string of the molecule is C[C@H]1C[C@H]2C/C(=N/O)C[C@@H]1N(C)C2. The number of rotatable bonds is 0. The highest BCUT2D eigenvalue weighted by atomic mass is 16.4.